The minimum Gasteiger partial charge on any atom is -0.468 e. The number of rotatable bonds is 8. The van der Waals surface area contributed by atoms with E-state index in [9.17, 15) is 13.2 Å². The van der Waals surface area contributed by atoms with Gasteiger partial charge in [0.2, 0.25) is 10.0 Å². The minimum atomic E-state index is -3.81. The van der Waals surface area contributed by atoms with Crippen LogP contribution in [0.4, 0.5) is 5.69 Å². The molecule has 2 heterocycles. The molecule has 1 amide bonds. The molecule has 0 radical (unpaired) electrons. The molecule has 0 saturated heterocycles. The number of nitrogens with one attached hydrogen (secondary N) is 2. The number of hydrogen-bond donors (Lipinski definition) is 2. The zero-order valence-corrected chi connectivity index (χ0v) is 20.1. The van der Waals surface area contributed by atoms with Gasteiger partial charge in [-0.15, -0.1) is 0 Å². The Morgan fingerprint density at radius 2 is 1.91 bits per heavy atom. The molecule has 0 bridgehead atoms. The molecule has 8 nitrogen and oxygen atoms in total. The monoisotopic (exact) mass is 498 g/mol. The number of sulfonamides is 1. The Hall–Kier alpha value is -3.40. The second-order valence-electron chi connectivity index (χ2n) is 7.88. The van der Waals surface area contributed by atoms with E-state index < -0.39 is 15.9 Å². The SMILES string of the molecule is CC(C)c1c(C(=O)Nc2cccc(S(=O)(=O)NCc3ccco3)c2)cnn1-c1cccc(Cl)c1. The molecule has 2 aromatic carbocycles. The molecule has 0 saturated carbocycles. The lowest BCUT2D eigenvalue weighted by Crippen LogP contribution is -2.23. The maximum atomic E-state index is 13.1. The zero-order chi connectivity index (χ0) is 24.3. The van der Waals surface area contributed by atoms with Crippen molar-refractivity contribution in [3.05, 3.63) is 95.2 Å². The molecule has 0 spiro atoms. The van der Waals surface area contributed by atoms with E-state index in [1.165, 1.54) is 24.6 Å². The van der Waals surface area contributed by atoms with E-state index in [1.54, 1.807) is 41.1 Å². The van der Waals surface area contributed by atoms with E-state index in [2.05, 4.69) is 15.1 Å². The van der Waals surface area contributed by atoms with Gasteiger partial charge in [-0.2, -0.15) is 5.10 Å². The fraction of sp³-hybridized carbons (Fsp3) is 0.167. The lowest BCUT2D eigenvalue weighted by Gasteiger charge is -2.13. The first-order valence-corrected chi connectivity index (χ1v) is 12.4. The van der Waals surface area contributed by atoms with Gasteiger partial charge in [-0.3, -0.25) is 4.79 Å². The fourth-order valence-electron chi connectivity index (χ4n) is 3.50. The third kappa shape index (κ3) is 5.22. The van der Waals surface area contributed by atoms with Crippen LogP contribution in [-0.4, -0.2) is 24.1 Å². The molecule has 0 atom stereocenters. The summed E-state index contributed by atoms with van der Waals surface area (Å²) in [6.07, 6.45) is 2.97. The van der Waals surface area contributed by atoms with Crippen molar-refractivity contribution in [3.63, 3.8) is 0 Å². The number of aromatic nitrogens is 2. The summed E-state index contributed by atoms with van der Waals surface area (Å²) in [4.78, 5) is 13.1. The zero-order valence-electron chi connectivity index (χ0n) is 18.5. The van der Waals surface area contributed by atoms with Crippen molar-refractivity contribution in [1.82, 2.24) is 14.5 Å². The molecule has 4 aromatic rings. The largest absolute Gasteiger partial charge is 0.468 e. The van der Waals surface area contributed by atoms with Crippen molar-refractivity contribution >= 4 is 33.2 Å². The third-order valence-electron chi connectivity index (χ3n) is 5.07. The van der Waals surface area contributed by atoms with Crippen LogP contribution in [0.25, 0.3) is 5.69 Å². The van der Waals surface area contributed by atoms with E-state index in [0.29, 0.717) is 27.7 Å². The van der Waals surface area contributed by atoms with Crippen LogP contribution in [-0.2, 0) is 16.6 Å². The number of benzene rings is 2. The van der Waals surface area contributed by atoms with Crippen LogP contribution in [0.5, 0.6) is 0 Å². The lowest BCUT2D eigenvalue weighted by atomic mass is 10.0. The highest BCUT2D eigenvalue weighted by molar-refractivity contribution is 7.89. The smallest absolute Gasteiger partial charge is 0.259 e. The highest BCUT2D eigenvalue weighted by Crippen LogP contribution is 2.26. The second kappa shape index (κ2) is 9.84. The van der Waals surface area contributed by atoms with E-state index in [1.807, 2.05) is 26.0 Å². The maximum Gasteiger partial charge on any atom is 0.259 e. The van der Waals surface area contributed by atoms with Crippen LogP contribution >= 0.6 is 11.6 Å². The quantitative estimate of drug-likeness (QED) is 0.356. The van der Waals surface area contributed by atoms with Gasteiger partial charge in [0.1, 0.15) is 5.76 Å². The molecule has 2 aromatic heterocycles. The van der Waals surface area contributed by atoms with Gasteiger partial charge < -0.3 is 9.73 Å². The number of furan rings is 1. The summed E-state index contributed by atoms with van der Waals surface area (Å²) in [5.74, 6) is 0.0841. The molecule has 0 aliphatic heterocycles. The minimum absolute atomic E-state index is 0.0141. The first-order valence-electron chi connectivity index (χ1n) is 10.5. The summed E-state index contributed by atoms with van der Waals surface area (Å²) in [7, 11) is -3.81. The second-order valence-corrected chi connectivity index (χ2v) is 10.1. The van der Waals surface area contributed by atoms with Crippen molar-refractivity contribution in [1.29, 1.82) is 0 Å². The summed E-state index contributed by atoms with van der Waals surface area (Å²) in [5.41, 5.74) is 2.19. The number of hydrogen-bond acceptors (Lipinski definition) is 5. The average Bonchev–Trinajstić information content (AvgIpc) is 3.48. The van der Waals surface area contributed by atoms with E-state index in [0.717, 1.165) is 5.69 Å². The van der Waals surface area contributed by atoms with Crippen LogP contribution in [0.2, 0.25) is 5.02 Å². The molecule has 0 aliphatic rings. The maximum absolute atomic E-state index is 13.1. The number of anilines is 1. The molecule has 176 valence electrons. The summed E-state index contributed by atoms with van der Waals surface area (Å²) in [6.45, 7) is 3.95. The Labute approximate surface area is 202 Å². The van der Waals surface area contributed by atoms with Gasteiger partial charge in [-0.1, -0.05) is 37.6 Å². The Morgan fingerprint density at radius 3 is 2.62 bits per heavy atom. The average molecular weight is 499 g/mol. The van der Waals surface area contributed by atoms with Gasteiger partial charge in [-0.25, -0.2) is 17.8 Å². The standard InChI is InChI=1S/C24H23ClN4O4S/c1-16(2)23-22(15-26-29(23)19-8-3-6-17(25)12-19)24(30)28-18-7-4-10-21(13-18)34(31,32)27-14-20-9-5-11-33-20/h3-13,15-16,27H,14H2,1-2H3,(H,28,30). The predicted octanol–water partition coefficient (Wildman–Crippen LogP) is 4.97. The molecule has 4 rings (SSSR count). The van der Waals surface area contributed by atoms with E-state index >= 15 is 0 Å². The fourth-order valence-corrected chi connectivity index (χ4v) is 4.73. The molecular formula is C24H23ClN4O4S. The van der Waals surface area contributed by atoms with Gasteiger partial charge in [0, 0.05) is 10.7 Å². The van der Waals surface area contributed by atoms with Crippen molar-refractivity contribution in [2.75, 3.05) is 5.32 Å². The first kappa shape index (κ1) is 23.7. The molecular weight excluding hydrogens is 476 g/mol. The van der Waals surface area contributed by atoms with Crippen LogP contribution in [0.1, 0.15) is 41.6 Å². The number of carbonyl (C=O) groups excluding carboxylic acids is 1. The van der Waals surface area contributed by atoms with Gasteiger partial charge in [0.05, 0.1) is 40.8 Å². The van der Waals surface area contributed by atoms with Gasteiger partial charge in [0.25, 0.3) is 5.91 Å². The van der Waals surface area contributed by atoms with Crippen LogP contribution in [0.3, 0.4) is 0 Å². The number of nitrogens with zero attached hydrogens (tertiary/aromatic N) is 2. The molecule has 0 unspecified atom stereocenters. The van der Waals surface area contributed by atoms with Crippen molar-refractivity contribution in [2.45, 2.75) is 31.2 Å². The highest BCUT2D eigenvalue weighted by Gasteiger charge is 2.22. The predicted molar refractivity (Wildman–Crippen MR) is 130 cm³/mol. The van der Waals surface area contributed by atoms with Gasteiger partial charge >= 0.3 is 0 Å². The summed E-state index contributed by atoms with van der Waals surface area (Å²) < 4.78 is 34.7. The summed E-state index contributed by atoms with van der Waals surface area (Å²) >= 11 is 6.13. The normalized spacial score (nSPS) is 11.6. The Morgan fingerprint density at radius 1 is 1.12 bits per heavy atom. The third-order valence-corrected chi connectivity index (χ3v) is 6.70. The number of halogens is 1. The summed E-state index contributed by atoms with van der Waals surface area (Å²) in [6, 6.07) is 16.6. The molecule has 10 heteroatoms. The topological polar surface area (TPSA) is 106 Å². The molecule has 0 fully saturated rings. The highest BCUT2D eigenvalue weighted by atomic mass is 35.5. The van der Waals surface area contributed by atoms with Crippen LogP contribution in [0.15, 0.2) is 82.4 Å². The van der Waals surface area contributed by atoms with Gasteiger partial charge in [-0.05, 0) is 54.4 Å². The summed E-state index contributed by atoms with van der Waals surface area (Å²) in [5, 5.41) is 7.74. The Balaban J connectivity index is 1.56. The van der Waals surface area contributed by atoms with Crippen molar-refractivity contribution < 1.29 is 17.6 Å². The Kier molecular flexibility index (Phi) is 6.87. The Bertz CT molecular complexity index is 1410. The van der Waals surface area contributed by atoms with Crippen molar-refractivity contribution in [2.24, 2.45) is 0 Å². The van der Waals surface area contributed by atoms with Gasteiger partial charge in [0.15, 0.2) is 0 Å². The molecule has 2 N–H and O–H groups in total. The molecule has 0 aliphatic carbocycles. The lowest BCUT2D eigenvalue weighted by molar-refractivity contribution is 0.102. The molecule has 34 heavy (non-hydrogen) atoms. The van der Waals surface area contributed by atoms with Crippen molar-refractivity contribution in [3.8, 4) is 5.69 Å². The first-order chi connectivity index (χ1) is 16.2. The number of amides is 1. The number of carbonyl (C=O) groups is 1. The van der Waals surface area contributed by atoms with E-state index in [-0.39, 0.29) is 17.4 Å². The van der Waals surface area contributed by atoms with Crippen LogP contribution < -0.4 is 10.0 Å². The van der Waals surface area contributed by atoms with Crippen LogP contribution in [0, 0.1) is 0 Å². The van der Waals surface area contributed by atoms with E-state index in [4.69, 9.17) is 16.0 Å².